The summed E-state index contributed by atoms with van der Waals surface area (Å²) in [5.74, 6) is 1.23. The van der Waals surface area contributed by atoms with Crippen molar-refractivity contribution in [3.63, 3.8) is 0 Å². The molecule has 5 aromatic heterocycles. The Bertz CT molecular complexity index is 1610. The number of nitrogens with one attached hydrogen (secondary N) is 1. The van der Waals surface area contributed by atoms with Gasteiger partial charge < -0.3 is 9.88 Å². The Morgan fingerprint density at radius 1 is 1.30 bits per heavy atom. The molecule has 0 aromatic carbocycles. The van der Waals surface area contributed by atoms with Crippen LogP contribution in [0.25, 0.3) is 16.6 Å². The summed E-state index contributed by atoms with van der Waals surface area (Å²) in [5.41, 5.74) is 2.05. The van der Waals surface area contributed by atoms with Crippen LogP contribution in [0.4, 0.5) is 5.82 Å². The van der Waals surface area contributed by atoms with Gasteiger partial charge in [0, 0.05) is 31.3 Å². The molecule has 6 rings (SSSR count). The van der Waals surface area contributed by atoms with Gasteiger partial charge in [-0.2, -0.15) is 10.4 Å². The third-order valence-corrected chi connectivity index (χ3v) is 6.28. The summed E-state index contributed by atoms with van der Waals surface area (Å²) in [6, 6.07) is 7.39. The largest absolute Gasteiger partial charge is 0.345 e. The molecule has 1 fully saturated rings. The molecule has 1 atom stereocenters. The normalized spacial score (nSPS) is 15.6. The van der Waals surface area contributed by atoms with E-state index in [2.05, 4.69) is 30.9 Å². The van der Waals surface area contributed by atoms with Crippen LogP contribution in [0.3, 0.4) is 0 Å². The van der Waals surface area contributed by atoms with Crippen molar-refractivity contribution in [2.24, 2.45) is 0 Å². The predicted molar refractivity (Wildman–Crippen MR) is 121 cm³/mol. The van der Waals surface area contributed by atoms with Crippen molar-refractivity contribution in [3.8, 4) is 6.07 Å². The molecule has 1 aliphatic rings. The van der Waals surface area contributed by atoms with Crippen LogP contribution in [-0.2, 0) is 6.54 Å². The summed E-state index contributed by atoms with van der Waals surface area (Å²) < 4.78 is 3.18. The van der Waals surface area contributed by atoms with Gasteiger partial charge in [0.2, 0.25) is 0 Å². The molecule has 11 heteroatoms. The number of aromatic amines is 1. The third kappa shape index (κ3) is 2.97. The van der Waals surface area contributed by atoms with E-state index in [0.717, 1.165) is 12.0 Å². The quantitative estimate of drug-likeness (QED) is 0.440. The van der Waals surface area contributed by atoms with Crippen molar-refractivity contribution in [1.29, 1.82) is 5.26 Å². The van der Waals surface area contributed by atoms with E-state index in [1.807, 2.05) is 12.1 Å². The van der Waals surface area contributed by atoms with E-state index >= 15 is 0 Å². The highest BCUT2D eigenvalue weighted by Crippen LogP contribution is 2.39. The minimum absolute atomic E-state index is 0.209. The van der Waals surface area contributed by atoms with E-state index in [0.29, 0.717) is 51.9 Å². The summed E-state index contributed by atoms with van der Waals surface area (Å²) in [7, 11) is 0. The molecule has 1 saturated heterocycles. The lowest BCUT2D eigenvalue weighted by Gasteiger charge is -2.42. The zero-order valence-corrected chi connectivity index (χ0v) is 17.9. The Balaban J connectivity index is 1.52. The fourth-order valence-electron chi connectivity index (χ4n) is 4.31. The molecular formula is C22H16ClN9O. The summed E-state index contributed by atoms with van der Waals surface area (Å²) in [5, 5.41) is 15.3. The standard InChI is InChI=1S/C22H16ClN9O/c23-15-3-7-32-18(15)22(33)31(11-13-2-1-5-25-9-13)20(29-32)16-4-6-30(16)21-17-14(8-24)10-26-19(17)27-12-28-21/h1-3,5,7,9-10,12,16H,4,6,11H2,(H,26,27,28)/t16-/m0/s1. The summed E-state index contributed by atoms with van der Waals surface area (Å²) in [4.78, 5) is 31.5. The monoisotopic (exact) mass is 457 g/mol. The summed E-state index contributed by atoms with van der Waals surface area (Å²) in [6.07, 6.45) is 8.97. The van der Waals surface area contributed by atoms with Gasteiger partial charge >= 0.3 is 0 Å². The van der Waals surface area contributed by atoms with Gasteiger partial charge in [-0.05, 0) is 24.1 Å². The van der Waals surface area contributed by atoms with Gasteiger partial charge in [0.15, 0.2) is 5.82 Å². The van der Waals surface area contributed by atoms with Gasteiger partial charge in [0.1, 0.15) is 29.4 Å². The van der Waals surface area contributed by atoms with E-state index < -0.39 is 0 Å². The molecule has 6 heterocycles. The van der Waals surface area contributed by atoms with E-state index in [9.17, 15) is 10.1 Å². The first-order chi connectivity index (χ1) is 16.2. The molecule has 1 N–H and O–H groups in total. The Morgan fingerprint density at radius 2 is 2.21 bits per heavy atom. The lowest BCUT2D eigenvalue weighted by atomic mass is 10.0. The smallest absolute Gasteiger partial charge is 0.279 e. The van der Waals surface area contributed by atoms with Gasteiger partial charge in [-0.3, -0.25) is 14.3 Å². The van der Waals surface area contributed by atoms with Crippen LogP contribution < -0.4 is 10.5 Å². The zero-order chi connectivity index (χ0) is 22.5. The Labute approximate surface area is 191 Å². The van der Waals surface area contributed by atoms with E-state index in [-0.39, 0.29) is 11.6 Å². The minimum Gasteiger partial charge on any atom is -0.345 e. The lowest BCUT2D eigenvalue weighted by Crippen LogP contribution is -2.45. The molecule has 1 aliphatic heterocycles. The molecule has 10 nitrogen and oxygen atoms in total. The van der Waals surface area contributed by atoms with Crippen molar-refractivity contribution in [3.05, 3.63) is 81.6 Å². The van der Waals surface area contributed by atoms with E-state index in [4.69, 9.17) is 16.7 Å². The fourth-order valence-corrected chi connectivity index (χ4v) is 4.54. The number of pyridine rings is 1. The molecule has 0 spiro atoms. The molecular weight excluding hydrogens is 442 g/mol. The highest BCUT2D eigenvalue weighted by molar-refractivity contribution is 6.33. The number of aromatic nitrogens is 7. The van der Waals surface area contributed by atoms with Crippen molar-refractivity contribution in [2.45, 2.75) is 19.0 Å². The third-order valence-electron chi connectivity index (χ3n) is 5.98. The van der Waals surface area contributed by atoms with Crippen LogP contribution in [0.2, 0.25) is 5.02 Å². The molecule has 5 aromatic rings. The molecule has 0 radical (unpaired) electrons. The second-order valence-corrected chi connectivity index (χ2v) is 8.21. The number of fused-ring (bicyclic) bond motifs is 2. The molecule has 0 bridgehead atoms. The number of hydrogen-bond donors (Lipinski definition) is 1. The Morgan fingerprint density at radius 3 is 2.97 bits per heavy atom. The number of rotatable bonds is 4. The van der Waals surface area contributed by atoms with Crippen LogP contribution in [0.5, 0.6) is 0 Å². The van der Waals surface area contributed by atoms with Crippen LogP contribution in [0.1, 0.15) is 29.4 Å². The van der Waals surface area contributed by atoms with Gasteiger partial charge in [0.25, 0.3) is 5.56 Å². The first kappa shape index (κ1) is 19.5. The molecule has 0 unspecified atom stereocenters. The Hall–Kier alpha value is -4.23. The number of nitriles is 1. The highest BCUT2D eigenvalue weighted by atomic mass is 35.5. The van der Waals surface area contributed by atoms with Gasteiger partial charge in [0.05, 0.1) is 28.6 Å². The van der Waals surface area contributed by atoms with Crippen LogP contribution in [0, 0.1) is 11.3 Å². The first-order valence-corrected chi connectivity index (χ1v) is 10.7. The number of H-pyrrole nitrogens is 1. The lowest BCUT2D eigenvalue weighted by molar-refractivity contribution is 0.411. The van der Waals surface area contributed by atoms with Gasteiger partial charge in [-0.25, -0.2) is 14.5 Å². The van der Waals surface area contributed by atoms with Crippen LogP contribution in [0.15, 0.2) is 54.1 Å². The maximum absolute atomic E-state index is 13.5. The number of hydrogen-bond acceptors (Lipinski definition) is 7. The SMILES string of the molecule is N#Cc1c[nH]c2ncnc(N3CC[C@H]3c3nn4ccc(Cl)c4c(=O)n3Cc3cccnc3)c12. The molecule has 33 heavy (non-hydrogen) atoms. The second kappa shape index (κ2) is 7.43. The van der Waals surface area contributed by atoms with Crippen molar-refractivity contribution in [1.82, 2.24) is 34.1 Å². The fraction of sp³-hybridized carbons (Fsp3) is 0.182. The maximum atomic E-state index is 13.5. The Kier molecular flexibility index (Phi) is 4.38. The van der Waals surface area contributed by atoms with E-state index in [1.54, 1.807) is 35.4 Å². The second-order valence-electron chi connectivity index (χ2n) is 7.80. The number of halogens is 1. The highest BCUT2D eigenvalue weighted by Gasteiger charge is 2.36. The van der Waals surface area contributed by atoms with Gasteiger partial charge in [-0.15, -0.1) is 0 Å². The topological polar surface area (TPSA) is 121 Å². The molecule has 162 valence electrons. The zero-order valence-electron chi connectivity index (χ0n) is 17.2. The van der Waals surface area contributed by atoms with Crippen molar-refractivity contribution in [2.75, 3.05) is 11.4 Å². The number of anilines is 1. The van der Waals surface area contributed by atoms with Crippen molar-refractivity contribution >= 4 is 34.0 Å². The first-order valence-electron chi connectivity index (χ1n) is 10.3. The average Bonchev–Trinajstić information content (AvgIpc) is 3.40. The minimum atomic E-state index is -0.224. The predicted octanol–water partition coefficient (Wildman–Crippen LogP) is 2.69. The molecule has 0 saturated carbocycles. The number of nitrogens with zero attached hydrogens (tertiary/aromatic N) is 8. The maximum Gasteiger partial charge on any atom is 0.279 e. The van der Waals surface area contributed by atoms with Crippen LogP contribution in [-0.4, -0.2) is 40.7 Å². The molecule has 0 amide bonds. The van der Waals surface area contributed by atoms with Crippen molar-refractivity contribution < 1.29 is 0 Å². The molecule has 0 aliphatic carbocycles. The van der Waals surface area contributed by atoms with Crippen LogP contribution >= 0.6 is 11.6 Å². The van der Waals surface area contributed by atoms with Gasteiger partial charge in [-0.1, -0.05) is 17.7 Å². The summed E-state index contributed by atoms with van der Waals surface area (Å²) >= 11 is 6.30. The summed E-state index contributed by atoms with van der Waals surface area (Å²) in [6.45, 7) is 1.02. The van der Waals surface area contributed by atoms with E-state index in [1.165, 1.54) is 10.8 Å². The average molecular weight is 458 g/mol.